The van der Waals surface area contributed by atoms with Crippen LogP contribution in [0.15, 0.2) is 41.5 Å². The maximum atomic E-state index is 12.8. The molecule has 30 heavy (non-hydrogen) atoms. The van der Waals surface area contributed by atoms with Crippen molar-refractivity contribution in [2.75, 3.05) is 13.1 Å². The van der Waals surface area contributed by atoms with Crippen molar-refractivity contribution >= 4 is 27.5 Å². The first-order valence-corrected chi connectivity index (χ1v) is 11.2. The summed E-state index contributed by atoms with van der Waals surface area (Å²) < 4.78 is 1.55. The average molecular weight is 426 g/mol. The van der Waals surface area contributed by atoms with E-state index in [0.717, 1.165) is 33.7 Å². The Bertz CT molecular complexity index is 1100. The molecule has 1 atom stereocenters. The molecular weight excluding hydrogens is 398 g/mol. The molecule has 0 aliphatic carbocycles. The van der Waals surface area contributed by atoms with Gasteiger partial charge in [-0.3, -0.25) is 14.2 Å². The molecule has 1 aliphatic rings. The molecular formula is C23H27N3O3S. The molecule has 3 heterocycles. The van der Waals surface area contributed by atoms with Crippen LogP contribution in [-0.4, -0.2) is 38.6 Å². The molecule has 3 aromatic rings. The molecule has 1 amide bonds. The molecule has 1 N–H and O–H groups in total. The van der Waals surface area contributed by atoms with Crippen LogP contribution in [-0.2, 0) is 11.3 Å². The number of piperidine rings is 1. The van der Waals surface area contributed by atoms with Gasteiger partial charge in [0.25, 0.3) is 5.56 Å². The normalized spacial score (nSPS) is 16.2. The van der Waals surface area contributed by atoms with Crippen molar-refractivity contribution in [3.63, 3.8) is 0 Å². The lowest BCUT2D eigenvalue weighted by atomic mass is 9.87. The molecule has 6 nitrogen and oxygen atoms in total. The number of hydrogen-bond donors (Lipinski definition) is 1. The maximum Gasteiger partial charge on any atom is 0.262 e. The Kier molecular flexibility index (Phi) is 6.01. The highest BCUT2D eigenvalue weighted by Crippen LogP contribution is 2.31. The Hall–Kier alpha value is -2.51. The van der Waals surface area contributed by atoms with E-state index in [1.54, 1.807) is 10.9 Å². The van der Waals surface area contributed by atoms with E-state index in [1.807, 2.05) is 49.1 Å². The first kappa shape index (κ1) is 20.8. The monoisotopic (exact) mass is 425 g/mol. The van der Waals surface area contributed by atoms with Crippen LogP contribution in [0, 0.1) is 19.8 Å². The molecule has 0 bridgehead atoms. The maximum absolute atomic E-state index is 12.8. The van der Waals surface area contributed by atoms with Gasteiger partial charge in [0, 0.05) is 30.9 Å². The van der Waals surface area contributed by atoms with Gasteiger partial charge < -0.3 is 10.0 Å². The summed E-state index contributed by atoms with van der Waals surface area (Å²) in [4.78, 5) is 33.6. The number of amides is 1. The van der Waals surface area contributed by atoms with Gasteiger partial charge in [0.1, 0.15) is 4.83 Å². The van der Waals surface area contributed by atoms with E-state index < -0.39 is 6.10 Å². The SMILES string of the molecule is Cc1sc2ncn(CCC(=O)N3CCC(C(O)c4ccccc4)CC3)c(=O)c2c1C. The van der Waals surface area contributed by atoms with Crippen LogP contribution in [0.3, 0.4) is 0 Å². The van der Waals surface area contributed by atoms with Gasteiger partial charge in [-0.1, -0.05) is 30.3 Å². The topological polar surface area (TPSA) is 75.4 Å². The summed E-state index contributed by atoms with van der Waals surface area (Å²) >= 11 is 1.53. The van der Waals surface area contributed by atoms with Crippen molar-refractivity contribution in [1.29, 1.82) is 0 Å². The van der Waals surface area contributed by atoms with Crippen LogP contribution in [0.1, 0.15) is 41.4 Å². The number of carbonyl (C=O) groups is 1. The predicted molar refractivity (Wildman–Crippen MR) is 119 cm³/mol. The molecule has 1 aromatic carbocycles. The number of fused-ring (bicyclic) bond motifs is 1. The third-order valence-electron chi connectivity index (χ3n) is 6.20. The molecule has 158 valence electrons. The molecule has 1 saturated heterocycles. The minimum atomic E-state index is -0.489. The number of aliphatic hydroxyl groups is 1. The molecule has 0 radical (unpaired) electrons. The van der Waals surface area contributed by atoms with E-state index in [1.165, 1.54) is 11.3 Å². The number of likely N-dealkylation sites (tertiary alicyclic amines) is 1. The zero-order valence-electron chi connectivity index (χ0n) is 17.4. The zero-order chi connectivity index (χ0) is 21.3. The largest absolute Gasteiger partial charge is 0.388 e. The lowest BCUT2D eigenvalue weighted by Gasteiger charge is -2.34. The van der Waals surface area contributed by atoms with E-state index in [2.05, 4.69) is 4.98 Å². The van der Waals surface area contributed by atoms with Crippen molar-refractivity contribution in [2.45, 2.75) is 45.8 Å². The fourth-order valence-electron chi connectivity index (χ4n) is 4.19. The Morgan fingerprint density at radius 2 is 1.93 bits per heavy atom. The summed E-state index contributed by atoms with van der Waals surface area (Å²) in [5.74, 6) is 0.211. The van der Waals surface area contributed by atoms with Gasteiger partial charge >= 0.3 is 0 Å². The van der Waals surface area contributed by atoms with E-state index in [4.69, 9.17) is 0 Å². The van der Waals surface area contributed by atoms with Gasteiger partial charge in [0.2, 0.25) is 5.91 Å². The summed E-state index contributed by atoms with van der Waals surface area (Å²) in [6.07, 6.45) is 2.90. The van der Waals surface area contributed by atoms with Crippen LogP contribution in [0.4, 0.5) is 0 Å². The number of aliphatic hydroxyl groups excluding tert-OH is 1. The van der Waals surface area contributed by atoms with Crippen LogP contribution >= 0.6 is 11.3 Å². The minimum absolute atomic E-state index is 0.0490. The van der Waals surface area contributed by atoms with Crippen molar-refractivity contribution in [3.05, 3.63) is 63.0 Å². The zero-order valence-corrected chi connectivity index (χ0v) is 18.2. The highest BCUT2D eigenvalue weighted by molar-refractivity contribution is 7.18. The van der Waals surface area contributed by atoms with Crippen LogP contribution < -0.4 is 5.56 Å². The molecule has 2 aromatic heterocycles. The van der Waals surface area contributed by atoms with Crippen molar-refractivity contribution < 1.29 is 9.90 Å². The van der Waals surface area contributed by atoms with Gasteiger partial charge in [-0.2, -0.15) is 0 Å². The van der Waals surface area contributed by atoms with Gasteiger partial charge in [0.05, 0.1) is 17.8 Å². The third-order valence-corrected chi connectivity index (χ3v) is 7.32. The summed E-state index contributed by atoms with van der Waals surface area (Å²) in [6.45, 7) is 5.56. The summed E-state index contributed by atoms with van der Waals surface area (Å²) in [5, 5.41) is 11.3. The molecule has 1 aliphatic heterocycles. The second-order valence-electron chi connectivity index (χ2n) is 8.03. The highest BCUT2D eigenvalue weighted by atomic mass is 32.1. The minimum Gasteiger partial charge on any atom is -0.388 e. The standard InChI is InChI=1S/C23H27N3O3S/c1-15-16(2)30-22-20(15)23(29)26(14-24-22)13-10-19(27)25-11-8-18(9-12-25)21(28)17-6-4-3-5-7-17/h3-7,14,18,21,28H,8-13H2,1-2H3. The Labute approximate surface area is 179 Å². The number of hydrogen-bond acceptors (Lipinski definition) is 5. The van der Waals surface area contributed by atoms with Crippen molar-refractivity contribution in [3.8, 4) is 0 Å². The highest BCUT2D eigenvalue weighted by Gasteiger charge is 2.28. The first-order valence-electron chi connectivity index (χ1n) is 10.4. The Morgan fingerprint density at radius 3 is 2.63 bits per heavy atom. The van der Waals surface area contributed by atoms with E-state index in [-0.39, 0.29) is 23.8 Å². The smallest absolute Gasteiger partial charge is 0.262 e. The fourth-order valence-corrected chi connectivity index (χ4v) is 5.18. The number of nitrogens with zero attached hydrogens (tertiary/aromatic N) is 3. The molecule has 0 spiro atoms. The molecule has 4 rings (SSSR count). The second-order valence-corrected chi connectivity index (χ2v) is 9.23. The molecule has 7 heteroatoms. The predicted octanol–water partition coefficient (Wildman–Crippen LogP) is 3.44. The van der Waals surface area contributed by atoms with Crippen molar-refractivity contribution in [2.24, 2.45) is 5.92 Å². The van der Waals surface area contributed by atoms with Gasteiger partial charge in [-0.15, -0.1) is 11.3 Å². The second kappa shape index (κ2) is 8.70. The summed E-state index contributed by atoms with van der Waals surface area (Å²) in [5.41, 5.74) is 1.84. The summed E-state index contributed by atoms with van der Waals surface area (Å²) in [6, 6.07) is 9.70. The number of aromatic nitrogens is 2. The molecule has 0 saturated carbocycles. The number of rotatable bonds is 5. The van der Waals surface area contributed by atoms with Gasteiger partial charge in [-0.25, -0.2) is 4.98 Å². The Morgan fingerprint density at radius 1 is 1.23 bits per heavy atom. The number of thiophene rings is 1. The number of carbonyl (C=O) groups excluding carboxylic acids is 1. The lowest BCUT2D eigenvalue weighted by molar-refractivity contribution is -0.133. The fraction of sp³-hybridized carbons (Fsp3) is 0.435. The first-order chi connectivity index (χ1) is 14.5. The third kappa shape index (κ3) is 4.04. The van der Waals surface area contributed by atoms with Gasteiger partial charge in [0.15, 0.2) is 0 Å². The van der Waals surface area contributed by atoms with Crippen LogP contribution in [0.2, 0.25) is 0 Å². The van der Waals surface area contributed by atoms with Crippen molar-refractivity contribution in [1.82, 2.24) is 14.5 Å². The van der Waals surface area contributed by atoms with E-state index >= 15 is 0 Å². The Balaban J connectivity index is 1.34. The summed E-state index contributed by atoms with van der Waals surface area (Å²) in [7, 11) is 0. The quantitative estimate of drug-likeness (QED) is 0.680. The van der Waals surface area contributed by atoms with Gasteiger partial charge in [-0.05, 0) is 43.7 Å². The number of aryl methyl sites for hydroxylation is 3. The lowest BCUT2D eigenvalue weighted by Crippen LogP contribution is -2.40. The molecule has 1 unspecified atom stereocenters. The van der Waals surface area contributed by atoms with Crippen LogP contribution in [0.25, 0.3) is 10.2 Å². The van der Waals surface area contributed by atoms with E-state index in [9.17, 15) is 14.7 Å². The molecule has 1 fully saturated rings. The van der Waals surface area contributed by atoms with Crippen LogP contribution in [0.5, 0.6) is 0 Å². The average Bonchev–Trinajstić information content (AvgIpc) is 3.07. The van der Waals surface area contributed by atoms with E-state index in [0.29, 0.717) is 25.0 Å². The number of benzene rings is 1.